The fourth-order valence-corrected chi connectivity index (χ4v) is 3.91. The zero-order chi connectivity index (χ0) is 12.5. The zero-order valence-electron chi connectivity index (χ0n) is 9.71. The summed E-state index contributed by atoms with van der Waals surface area (Å²) in [5, 5.41) is 11.2. The molecule has 0 bridgehead atoms. The van der Waals surface area contributed by atoms with Crippen molar-refractivity contribution in [1.82, 2.24) is 0 Å². The van der Waals surface area contributed by atoms with Gasteiger partial charge in [0.15, 0.2) is 0 Å². The number of aliphatic hydroxyl groups excluding tert-OH is 1. The summed E-state index contributed by atoms with van der Waals surface area (Å²) in [7, 11) is 0. The van der Waals surface area contributed by atoms with Gasteiger partial charge in [0.25, 0.3) is 0 Å². The van der Waals surface area contributed by atoms with E-state index in [1.807, 2.05) is 36.4 Å². The molecule has 2 aromatic carbocycles. The van der Waals surface area contributed by atoms with Gasteiger partial charge in [-0.25, -0.2) is 0 Å². The summed E-state index contributed by atoms with van der Waals surface area (Å²) in [4.78, 5) is 1.27. The van der Waals surface area contributed by atoms with Crippen molar-refractivity contribution in [3.63, 3.8) is 0 Å². The molecule has 1 N–H and O–H groups in total. The second-order valence-corrected chi connectivity index (χ2v) is 5.89. The summed E-state index contributed by atoms with van der Waals surface area (Å²) in [5.41, 5.74) is 2.05. The maximum atomic E-state index is 10.6. The van der Waals surface area contributed by atoms with E-state index in [0.29, 0.717) is 5.02 Å². The molecule has 0 saturated carbocycles. The molecule has 2 aromatic rings. The van der Waals surface area contributed by atoms with Gasteiger partial charge in [-0.3, -0.25) is 0 Å². The first-order chi connectivity index (χ1) is 8.77. The Balaban J connectivity index is 1.96. The van der Waals surface area contributed by atoms with Crippen LogP contribution in [0, 0.1) is 0 Å². The van der Waals surface area contributed by atoms with E-state index in [1.54, 1.807) is 11.8 Å². The van der Waals surface area contributed by atoms with Crippen molar-refractivity contribution in [1.29, 1.82) is 0 Å². The molecule has 0 fully saturated rings. The molecule has 0 aliphatic carbocycles. The van der Waals surface area contributed by atoms with Gasteiger partial charge in [-0.15, -0.1) is 11.8 Å². The fraction of sp³-hybridized carbons (Fsp3) is 0.200. The molecule has 2 unspecified atom stereocenters. The van der Waals surface area contributed by atoms with Crippen molar-refractivity contribution in [3.8, 4) is 0 Å². The van der Waals surface area contributed by atoms with Gasteiger partial charge >= 0.3 is 0 Å². The molecule has 0 radical (unpaired) electrons. The summed E-state index contributed by atoms with van der Waals surface area (Å²) in [6, 6.07) is 15.8. The zero-order valence-corrected chi connectivity index (χ0v) is 11.3. The Hall–Kier alpha value is -0.960. The maximum absolute atomic E-state index is 10.6. The van der Waals surface area contributed by atoms with Crippen LogP contribution in [0.15, 0.2) is 53.4 Å². The summed E-state index contributed by atoms with van der Waals surface area (Å²) in [6.07, 6.45) is -0.533. The van der Waals surface area contributed by atoms with E-state index < -0.39 is 6.10 Å². The molecule has 1 aliphatic rings. The van der Waals surface area contributed by atoms with Gasteiger partial charge in [0.05, 0.1) is 6.10 Å². The summed E-state index contributed by atoms with van der Waals surface area (Å²) in [6.45, 7) is 0. The number of fused-ring (bicyclic) bond motifs is 1. The van der Waals surface area contributed by atoms with Crippen LogP contribution in [0.2, 0.25) is 5.02 Å². The predicted octanol–water partition coefficient (Wildman–Crippen LogP) is 4.26. The summed E-state index contributed by atoms with van der Waals surface area (Å²) in [5.74, 6) is 1.04. The molecule has 0 aromatic heterocycles. The molecule has 2 atom stereocenters. The third-order valence-electron chi connectivity index (χ3n) is 3.34. The molecular weight excluding hydrogens is 264 g/mol. The van der Waals surface area contributed by atoms with E-state index in [2.05, 4.69) is 12.1 Å². The molecule has 92 valence electrons. The van der Waals surface area contributed by atoms with Gasteiger partial charge in [0, 0.05) is 21.6 Å². The Labute approximate surface area is 116 Å². The fourth-order valence-electron chi connectivity index (χ4n) is 2.38. The van der Waals surface area contributed by atoms with E-state index in [1.165, 1.54) is 10.5 Å². The Kier molecular flexibility index (Phi) is 3.33. The first kappa shape index (κ1) is 12.1. The molecule has 3 heteroatoms. The lowest BCUT2D eigenvalue weighted by Gasteiger charge is -2.20. The molecule has 1 aliphatic heterocycles. The molecule has 3 rings (SSSR count). The Morgan fingerprint density at radius 3 is 2.67 bits per heavy atom. The summed E-state index contributed by atoms with van der Waals surface area (Å²) >= 11 is 7.96. The number of hydrogen-bond donors (Lipinski definition) is 1. The molecule has 1 nitrogen and oxygen atoms in total. The van der Waals surface area contributed by atoms with Gasteiger partial charge in [-0.1, -0.05) is 48.0 Å². The largest absolute Gasteiger partial charge is 0.388 e. The van der Waals surface area contributed by atoms with Gasteiger partial charge < -0.3 is 5.11 Å². The van der Waals surface area contributed by atoms with E-state index >= 15 is 0 Å². The van der Waals surface area contributed by atoms with Gasteiger partial charge in [0.1, 0.15) is 0 Å². The second-order valence-electron chi connectivity index (χ2n) is 4.42. The smallest absolute Gasteiger partial charge is 0.0881 e. The lowest BCUT2D eigenvalue weighted by molar-refractivity contribution is 0.154. The molecule has 18 heavy (non-hydrogen) atoms. The number of aliphatic hydroxyl groups is 1. The van der Waals surface area contributed by atoms with Gasteiger partial charge in [-0.2, -0.15) is 0 Å². The lowest BCUT2D eigenvalue weighted by Crippen LogP contribution is -2.10. The van der Waals surface area contributed by atoms with Gasteiger partial charge in [-0.05, 0) is 23.3 Å². The first-order valence-electron chi connectivity index (χ1n) is 5.91. The quantitative estimate of drug-likeness (QED) is 0.884. The Bertz CT molecular complexity index is 570. The Morgan fingerprint density at radius 1 is 1.11 bits per heavy atom. The average Bonchev–Trinajstić information content (AvgIpc) is 2.82. The topological polar surface area (TPSA) is 20.2 Å². The predicted molar refractivity (Wildman–Crippen MR) is 76.3 cm³/mol. The SMILES string of the molecule is OC(c1ccccc1Cl)C1CSc2ccccc21. The second kappa shape index (κ2) is 4.96. The van der Waals surface area contributed by atoms with E-state index in [9.17, 15) is 5.11 Å². The highest BCUT2D eigenvalue weighted by Gasteiger charge is 2.30. The molecule has 0 spiro atoms. The highest BCUT2D eigenvalue weighted by Crippen LogP contribution is 2.46. The van der Waals surface area contributed by atoms with Crippen LogP contribution in [0.5, 0.6) is 0 Å². The van der Waals surface area contributed by atoms with E-state index in [-0.39, 0.29) is 5.92 Å². The first-order valence-corrected chi connectivity index (χ1v) is 7.28. The van der Waals surface area contributed by atoms with Crippen LogP contribution >= 0.6 is 23.4 Å². The molecular formula is C15H13ClOS. The van der Waals surface area contributed by atoms with Crippen molar-refractivity contribution in [2.75, 3.05) is 5.75 Å². The van der Waals surface area contributed by atoms with Crippen molar-refractivity contribution in [2.24, 2.45) is 0 Å². The maximum Gasteiger partial charge on any atom is 0.0881 e. The minimum absolute atomic E-state index is 0.131. The molecule has 1 heterocycles. The van der Waals surface area contributed by atoms with Crippen LogP contribution in [0.4, 0.5) is 0 Å². The normalized spacial score (nSPS) is 19.6. The van der Waals surface area contributed by atoms with Crippen LogP contribution in [0.25, 0.3) is 0 Å². The Morgan fingerprint density at radius 2 is 1.83 bits per heavy atom. The standard InChI is InChI=1S/C15H13ClOS/c16-13-7-3-1-6-11(13)15(17)12-9-18-14-8-4-2-5-10(12)14/h1-8,12,15,17H,9H2. The number of halogens is 1. The highest BCUT2D eigenvalue weighted by atomic mass is 35.5. The molecule has 0 amide bonds. The lowest BCUT2D eigenvalue weighted by atomic mass is 9.91. The van der Waals surface area contributed by atoms with Crippen LogP contribution in [0.1, 0.15) is 23.1 Å². The minimum atomic E-state index is -0.533. The van der Waals surface area contributed by atoms with E-state index in [4.69, 9.17) is 11.6 Å². The third kappa shape index (κ3) is 2.05. The molecule has 0 saturated heterocycles. The van der Waals surface area contributed by atoms with Crippen LogP contribution < -0.4 is 0 Å². The van der Waals surface area contributed by atoms with Gasteiger partial charge in [0.2, 0.25) is 0 Å². The van der Waals surface area contributed by atoms with Crippen molar-refractivity contribution < 1.29 is 5.11 Å². The third-order valence-corrected chi connectivity index (χ3v) is 4.89. The number of rotatable bonds is 2. The van der Waals surface area contributed by atoms with Crippen molar-refractivity contribution >= 4 is 23.4 Å². The highest BCUT2D eigenvalue weighted by molar-refractivity contribution is 7.99. The number of hydrogen-bond acceptors (Lipinski definition) is 2. The van der Waals surface area contributed by atoms with Crippen LogP contribution in [-0.2, 0) is 0 Å². The average molecular weight is 277 g/mol. The minimum Gasteiger partial charge on any atom is -0.388 e. The van der Waals surface area contributed by atoms with Crippen LogP contribution in [-0.4, -0.2) is 10.9 Å². The van der Waals surface area contributed by atoms with Crippen molar-refractivity contribution in [2.45, 2.75) is 16.9 Å². The van der Waals surface area contributed by atoms with E-state index in [0.717, 1.165) is 11.3 Å². The summed E-state index contributed by atoms with van der Waals surface area (Å²) < 4.78 is 0. The monoisotopic (exact) mass is 276 g/mol. The number of benzene rings is 2. The van der Waals surface area contributed by atoms with Crippen LogP contribution in [0.3, 0.4) is 0 Å². The number of thioether (sulfide) groups is 1. The van der Waals surface area contributed by atoms with Crippen molar-refractivity contribution in [3.05, 3.63) is 64.7 Å².